The summed E-state index contributed by atoms with van der Waals surface area (Å²) in [6.45, 7) is 0.916. The lowest BCUT2D eigenvalue weighted by Crippen LogP contribution is -2.28. The molecule has 0 spiro atoms. The van der Waals surface area contributed by atoms with Crippen LogP contribution in [0.4, 0.5) is 13.2 Å². The molecular formula is C22H22F3NO8. The molecule has 9 nitrogen and oxygen atoms in total. The Labute approximate surface area is 191 Å². The lowest BCUT2D eigenvalue weighted by atomic mass is 9.97. The Kier molecular flexibility index (Phi) is 6.40. The van der Waals surface area contributed by atoms with Gasteiger partial charge >= 0.3 is 24.1 Å². The zero-order valence-corrected chi connectivity index (χ0v) is 18.2. The Hall–Kier alpha value is -3.54. The van der Waals surface area contributed by atoms with E-state index in [1.807, 2.05) is 35.2 Å². The summed E-state index contributed by atoms with van der Waals surface area (Å²) >= 11 is 0. The van der Waals surface area contributed by atoms with Gasteiger partial charge in [0.05, 0.1) is 25.0 Å². The van der Waals surface area contributed by atoms with Crippen molar-refractivity contribution in [2.24, 2.45) is 10.8 Å². The number of ether oxygens (including phenoxy) is 2. The molecule has 34 heavy (non-hydrogen) atoms. The van der Waals surface area contributed by atoms with Crippen LogP contribution in [0.15, 0.2) is 30.3 Å². The Bertz CT molecular complexity index is 1120. The third kappa shape index (κ3) is 4.09. The average Bonchev–Trinajstić information content (AvgIpc) is 3.31. The molecule has 3 N–H and O–H groups in total. The minimum absolute atomic E-state index is 0.202. The molecule has 2 aromatic carbocycles. The van der Waals surface area contributed by atoms with E-state index >= 15 is 0 Å². The molecule has 184 valence electrons. The number of aliphatic carboxylic acids is 3. The summed E-state index contributed by atoms with van der Waals surface area (Å²) in [4.78, 5) is 34.3. The number of likely N-dealkylation sites (tertiary alicyclic amines) is 1. The summed E-state index contributed by atoms with van der Waals surface area (Å²) in [6.07, 6.45) is -4.88. The second-order valence-corrected chi connectivity index (χ2v) is 8.21. The van der Waals surface area contributed by atoms with Gasteiger partial charge in [0.15, 0.2) is 0 Å². The van der Waals surface area contributed by atoms with Crippen LogP contribution in [-0.2, 0) is 20.9 Å². The predicted molar refractivity (Wildman–Crippen MR) is 111 cm³/mol. The maximum absolute atomic E-state index is 11.7. The second kappa shape index (κ2) is 8.67. The molecule has 2 fully saturated rings. The number of hydrogen-bond donors (Lipinski definition) is 3. The molecule has 0 radical (unpaired) electrons. The number of alkyl halides is 3. The SMILES string of the molecule is COc1ccc(CN2C[C@@]3(C(=O)O)C[C@@]3(C(=O)O)C2)c2c(OC)cccc12.O=C(O)C(F)(F)F. The largest absolute Gasteiger partial charge is 0.496 e. The van der Waals surface area contributed by atoms with Crippen molar-refractivity contribution >= 4 is 28.7 Å². The molecule has 2 atom stereocenters. The molecule has 12 heteroatoms. The Morgan fingerprint density at radius 3 is 1.91 bits per heavy atom. The maximum Gasteiger partial charge on any atom is 0.490 e. The monoisotopic (exact) mass is 485 g/mol. The fourth-order valence-electron chi connectivity index (χ4n) is 4.65. The molecule has 2 aliphatic rings. The molecule has 1 saturated heterocycles. The first-order valence-electron chi connectivity index (χ1n) is 9.95. The van der Waals surface area contributed by atoms with Crippen LogP contribution >= 0.6 is 0 Å². The number of piperidine rings is 1. The van der Waals surface area contributed by atoms with Crippen molar-refractivity contribution < 1.29 is 52.3 Å². The van der Waals surface area contributed by atoms with E-state index in [1.165, 1.54) is 0 Å². The predicted octanol–water partition coefficient (Wildman–Crippen LogP) is 2.85. The van der Waals surface area contributed by atoms with Gasteiger partial charge in [0, 0.05) is 30.4 Å². The number of carboxylic acid groups (broad SMARTS) is 3. The minimum atomic E-state index is -5.08. The van der Waals surface area contributed by atoms with E-state index in [2.05, 4.69) is 0 Å². The van der Waals surface area contributed by atoms with E-state index in [4.69, 9.17) is 19.4 Å². The summed E-state index contributed by atoms with van der Waals surface area (Å²) in [5.74, 6) is -3.38. The molecule has 1 saturated carbocycles. The summed E-state index contributed by atoms with van der Waals surface area (Å²) in [5, 5.41) is 28.1. The summed E-state index contributed by atoms with van der Waals surface area (Å²) in [5.41, 5.74) is -1.40. The van der Waals surface area contributed by atoms with Gasteiger partial charge in [-0.1, -0.05) is 18.2 Å². The molecule has 0 amide bonds. The zero-order chi connectivity index (χ0) is 25.5. The molecule has 1 aliphatic heterocycles. The van der Waals surface area contributed by atoms with Crippen molar-refractivity contribution in [1.82, 2.24) is 4.90 Å². The topological polar surface area (TPSA) is 134 Å². The Morgan fingerprint density at radius 1 is 0.941 bits per heavy atom. The zero-order valence-electron chi connectivity index (χ0n) is 18.2. The van der Waals surface area contributed by atoms with Gasteiger partial charge in [-0.2, -0.15) is 13.2 Å². The number of halogens is 3. The number of fused-ring (bicyclic) bond motifs is 2. The Balaban J connectivity index is 0.000000406. The summed E-state index contributed by atoms with van der Waals surface area (Å²) < 4.78 is 42.7. The lowest BCUT2D eigenvalue weighted by molar-refractivity contribution is -0.192. The fourth-order valence-corrected chi connectivity index (χ4v) is 4.65. The first-order valence-corrected chi connectivity index (χ1v) is 9.95. The van der Waals surface area contributed by atoms with Crippen molar-refractivity contribution in [1.29, 1.82) is 0 Å². The first kappa shape index (κ1) is 25.1. The minimum Gasteiger partial charge on any atom is -0.496 e. The van der Waals surface area contributed by atoms with Crippen LogP contribution in [-0.4, -0.2) is 71.6 Å². The number of rotatable bonds is 6. The highest BCUT2D eigenvalue weighted by Crippen LogP contribution is 2.68. The second-order valence-electron chi connectivity index (χ2n) is 8.21. The van der Waals surface area contributed by atoms with Gasteiger partial charge in [0.25, 0.3) is 0 Å². The third-order valence-corrected chi connectivity index (χ3v) is 6.33. The molecule has 1 aliphatic carbocycles. The number of hydrogen-bond acceptors (Lipinski definition) is 6. The van der Waals surface area contributed by atoms with Crippen molar-refractivity contribution in [3.63, 3.8) is 0 Å². The highest BCUT2D eigenvalue weighted by atomic mass is 19.4. The van der Waals surface area contributed by atoms with Crippen LogP contribution in [0.1, 0.15) is 12.0 Å². The van der Waals surface area contributed by atoms with Gasteiger partial charge < -0.3 is 24.8 Å². The van der Waals surface area contributed by atoms with Crippen molar-refractivity contribution in [3.8, 4) is 11.5 Å². The number of carbonyl (C=O) groups is 3. The van der Waals surface area contributed by atoms with Crippen molar-refractivity contribution in [2.75, 3.05) is 27.3 Å². The van der Waals surface area contributed by atoms with E-state index < -0.39 is 34.9 Å². The van der Waals surface area contributed by atoms with E-state index in [-0.39, 0.29) is 19.5 Å². The number of nitrogens with zero attached hydrogens (tertiary/aromatic N) is 1. The summed E-state index contributed by atoms with van der Waals surface area (Å²) in [7, 11) is 3.21. The normalized spacial score (nSPS) is 23.4. The van der Waals surface area contributed by atoms with Crippen LogP contribution in [0, 0.1) is 10.8 Å². The lowest BCUT2D eigenvalue weighted by Gasteiger charge is -2.22. The number of benzene rings is 2. The highest BCUT2D eigenvalue weighted by molar-refractivity contribution is 5.96. The molecular weight excluding hydrogens is 463 g/mol. The Morgan fingerprint density at radius 2 is 1.47 bits per heavy atom. The molecule has 0 aromatic heterocycles. The van der Waals surface area contributed by atoms with Gasteiger partial charge in [-0.15, -0.1) is 0 Å². The third-order valence-electron chi connectivity index (χ3n) is 6.33. The standard InChI is InChI=1S/C20H21NO6.C2HF3O2/c1-26-14-7-6-12(16-13(14)4-3-5-15(16)27-2)8-21-10-19(17(22)23)9-20(19,11-21)18(24)25;3-2(4,5)1(6)7/h3-7H,8-11H2,1-2H3,(H,22,23)(H,24,25);(H,6,7)/t19-,20+;. The van der Waals surface area contributed by atoms with Crippen LogP contribution in [0.3, 0.4) is 0 Å². The van der Waals surface area contributed by atoms with Crippen LogP contribution in [0.5, 0.6) is 11.5 Å². The van der Waals surface area contributed by atoms with Crippen molar-refractivity contribution in [3.05, 3.63) is 35.9 Å². The molecule has 2 aromatic rings. The van der Waals surface area contributed by atoms with E-state index in [0.29, 0.717) is 12.3 Å². The van der Waals surface area contributed by atoms with Crippen LogP contribution < -0.4 is 9.47 Å². The summed E-state index contributed by atoms with van der Waals surface area (Å²) in [6, 6.07) is 9.49. The maximum atomic E-state index is 11.7. The molecule has 0 bridgehead atoms. The van der Waals surface area contributed by atoms with E-state index in [0.717, 1.165) is 22.1 Å². The van der Waals surface area contributed by atoms with Gasteiger partial charge in [-0.3, -0.25) is 14.5 Å². The quantitative estimate of drug-likeness (QED) is 0.565. The van der Waals surface area contributed by atoms with Crippen LogP contribution in [0.2, 0.25) is 0 Å². The highest BCUT2D eigenvalue weighted by Gasteiger charge is 2.80. The molecule has 1 heterocycles. The van der Waals surface area contributed by atoms with Gasteiger partial charge in [-0.25, -0.2) is 4.79 Å². The van der Waals surface area contributed by atoms with E-state index in [1.54, 1.807) is 14.2 Å². The number of carboxylic acids is 3. The van der Waals surface area contributed by atoms with E-state index in [9.17, 15) is 33.0 Å². The van der Waals surface area contributed by atoms with Crippen LogP contribution in [0.25, 0.3) is 10.8 Å². The van der Waals surface area contributed by atoms with Gasteiger partial charge in [0.1, 0.15) is 11.5 Å². The smallest absolute Gasteiger partial charge is 0.490 e. The average molecular weight is 485 g/mol. The van der Waals surface area contributed by atoms with Crippen molar-refractivity contribution in [2.45, 2.75) is 19.1 Å². The fraction of sp³-hybridized carbons (Fsp3) is 0.409. The molecule has 4 rings (SSSR count). The number of methoxy groups -OCH3 is 2. The van der Waals surface area contributed by atoms with Gasteiger partial charge in [0.2, 0.25) is 0 Å². The van der Waals surface area contributed by atoms with Gasteiger partial charge in [-0.05, 0) is 24.1 Å². The first-order chi connectivity index (χ1) is 15.8. The molecule has 0 unspecified atom stereocenters.